The average Bonchev–Trinajstić information content (AvgIpc) is 2.94. The van der Waals surface area contributed by atoms with E-state index >= 15 is 0 Å². The van der Waals surface area contributed by atoms with Crippen molar-refractivity contribution in [1.29, 1.82) is 0 Å². The number of benzene rings is 1. The Kier molecular flexibility index (Phi) is 6.26. The average molecular weight is 360 g/mol. The SMILES string of the molecule is CN=C(NC1CCN(CC(F)(F)F)C1)NC(C)c1ccc(C)c(F)c1. The molecule has 1 aromatic rings. The van der Waals surface area contributed by atoms with Crippen LogP contribution in [0, 0.1) is 12.7 Å². The highest BCUT2D eigenvalue weighted by Crippen LogP contribution is 2.20. The lowest BCUT2D eigenvalue weighted by atomic mass is 10.1. The Morgan fingerprint density at radius 3 is 2.72 bits per heavy atom. The maximum Gasteiger partial charge on any atom is 0.401 e. The summed E-state index contributed by atoms with van der Waals surface area (Å²) in [6.07, 6.45) is -3.57. The number of aryl methyl sites for hydroxylation is 1. The minimum absolute atomic E-state index is 0.101. The van der Waals surface area contributed by atoms with Crippen LogP contribution in [0.25, 0.3) is 0 Å². The fourth-order valence-electron chi connectivity index (χ4n) is 2.88. The maximum absolute atomic E-state index is 13.7. The third-order valence-electron chi connectivity index (χ3n) is 4.29. The third kappa shape index (κ3) is 5.88. The van der Waals surface area contributed by atoms with Gasteiger partial charge in [0, 0.05) is 26.2 Å². The first-order valence-electron chi connectivity index (χ1n) is 8.23. The molecule has 0 bridgehead atoms. The van der Waals surface area contributed by atoms with Crippen LogP contribution >= 0.6 is 0 Å². The summed E-state index contributed by atoms with van der Waals surface area (Å²) in [4.78, 5) is 5.50. The Hall–Kier alpha value is -1.83. The second-order valence-corrected chi connectivity index (χ2v) is 6.43. The molecule has 8 heteroatoms. The van der Waals surface area contributed by atoms with Crippen LogP contribution in [0.5, 0.6) is 0 Å². The normalized spacial score (nSPS) is 20.6. The summed E-state index contributed by atoms with van der Waals surface area (Å²) >= 11 is 0. The number of nitrogens with zero attached hydrogens (tertiary/aromatic N) is 2. The zero-order valence-electron chi connectivity index (χ0n) is 14.6. The second-order valence-electron chi connectivity index (χ2n) is 6.43. The van der Waals surface area contributed by atoms with E-state index in [2.05, 4.69) is 15.6 Å². The minimum atomic E-state index is -4.18. The first kappa shape index (κ1) is 19.5. The molecule has 0 aliphatic carbocycles. The molecule has 2 N–H and O–H groups in total. The molecule has 2 unspecified atom stereocenters. The Bertz CT molecular complexity index is 615. The van der Waals surface area contributed by atoms with Gasteiger partial charge < -0.3 is 10.6 Å². The summed E-state index contributed by atoms with van der Waals surface area (Å²) in [6.45, 7) is 3.39. The monoisotopic (exact) mass is 360 g/mol. The lowest BCUT2D eigenvalue weighted by Crippen LogP contribution is -2.45. The van der Waals surface area contributed by atoms with Gasteiger partial charge in [0.05, 0.1) is 12.6 Å². The number of alkyl halides is 3. The smallest absolute Gasteiger partial charge is 0.352 e. The van der Waals surface area contributed by atoms with Gasteiger partial charge >= 0.3 is 6.18 Å². The quantitative estimate of drug-likeness (QED) is 0.493. The molecule has 140 valence electrons. The van der Waals surface area contributed by atoms with Crippen LogP contribution in [-0.2, 0) is 0 Å². The molecule has 0 aromatic heterocycles. The highest BCUT2D eigenvalue weighted by molar-refractivity contribution is 5.80. The van der Waals surface area contributed by atoms with E-state index in [9.17, 15) is 17.6 Å². The summed E-state index contributed by atoms with van der Waals surface area (Å²) in [5.74, 6) is 0.222. The lowest BCUT2D eigenvalue weighted by molar-refractivity contribution is -0.143. The number of halogens is 4. The highest BCUT2D eigenvalue weighted by Gasteiger charge is 2.34. The lowest BCUT2D eigenvalue weighted by Gasteiger charge is -2.22. The highest BCUT2D eigenvalue weighted by atomic mass is 19.4. The van der Waals surface area contributed by atoms with Crippen LogP contribution in [-0.4, -0.2) is 49.8 Å². The third-order valence-corrected chi connectivity index (χ3v) is 4.29. The van der Waals surface area contributed by atoms with Gasteiger partial charge in [-0.3, -0.25) is 9.89 Å². The van der Waals surface area contributed by atoms with Gasteiger partial charge in [-0.2, -0.15) is 13.2 Å². The van der Waals surface area contributed by atoms with E-state index in [4.69, 9.17) is 0 Å². The molecular formula is C17H24F4N4. The Balaban J connectivity index is 1.89. The van der Waals surface area contributed by atoms with Crippen molar-refractivity contribution in [2.75, 3.05) is 26.7 Å². The van der Waals surface area contributed by atoms with Crippen molar-refractivity contribution in [3.05, 3.63) is 35.1 Å². The fraction of sp³-hybridized carbons (Fsp3) is 0.588. The van der Waals surface area contributed by atoms with Crippen LogP contribution < -0.4 is 10.6 Å². The van der Waals surface area contributed by atoms with E-state index in [0.717, 1.165) is 5.56 Å². The Morgan fingerprint density at radius 2 is 2.12 bits per heavy atom. The molecule has 1 heterocycles. The van der Waals surface area contributed by atoms with Crippen LogP contribution in [0.15, 0.2) is 23.2 Å². The van der Waals surface area contributed by atoms with E-state index in [-0.39, 0.29) is 17.9 Å². The molecule has 4 nitrogen and oxygen atoms in total. The molecule has 0 amide bonds. The number of aliphatic imine (C=N–C) groups is 1. The molecule has 25 heavy (non-hydrogen) atoms. The molecule has 1 aliphatic rings. The topological polar surface area (TPSA) is 39.7 Å². The Labute approximate surface area is 145 Å². The molecule has 0 radical (unpaired) electrons. The number of hydrogen-bond acceptors (Lipinski definition) is 2. The van der Waals surface area contributed by atoms with Gasteiger partial charge in [0.25, 0.3) is 0 Å². The number of nitrogens with one attached hydrogen (secondary N) is 2. The summed E-state index contributed by atoms with van der Waals surface area (Å²) in [5, 5.41) is 6.30. The van der Waals surface area contributed by atoms with Crippen LogP contribution in [0.4, 0.5) is 17.6 Å². The van der Waals surface area contributed by atoms with E-state index in [1.165, 1.54) is 11.0 Å². The first-order valence-corrected chi connectivity index (χ1v) is 8.23. The minimum Gasteiger partial charge on any atom is -0.352 e. The second kappa shape index (κ2) is 8.03. The van der Waals surface area contributed by atoms with E-state index in [1.807, 2.05) is 13.0 Å². The van der Waals surface area contributed by atoms with Crippen LogP contribution in [0.2, 0.25) is 0 Å². The van der Waals surface area contributed by atoms with Crippen LogP contribution in [0.1, 0.15) is 30.5 Å². The molecule has 2 atom stereocenters. The largest absolute Gasteiger partial charge is 0.401 e. The number of hydrogen-bond donors (Lipinski definition) is 2. The molecule has 1 aromatic carbocycles. The molecular weight excluding hydrogens is 336 g/mol. The zero-order valence-corrected chi connectivity index (χ0v) is 14.6. The molecule has 1 saturated heterocycles. The predicted molar refractivity (Wildman–Crippen MR) is 90.1 cm³/mol. The standard InChI is InChI=1S/C17H24F4N4/c1-11-4-5-13(8-15(11)18)12(2)23-16(22-3)24-14-6-7-25(9-14)10-17(19,20)21/h4-5,8,12,14H,6-7,9-10H2,1-3H3,(H2,22,23,24). The summed E-state index contributed by atoms with van der Waals surface area (Å²) in [7, 11) is 1.60. The van der Waals surface area contributed by atoms with Crippen molar-refractivity contribution in [2.45, 2.75) is 38.5 Å². The van der Waals surface area contributed by atoms with E-state index in [0.29, 0.717) is 31.0 Å². The summed E-state index contributed by atoms with van der Waals surface area (Å²) < 4.78 is 51.1. The molecule has 0 saturated carbocycles. The zero-order chi connectivity index (χ0) is 18.6. The van der Waals surface area contributed by atoms with Gasteiger partial charge in [-0.25, -0.2) is 4.39 Å². The van der Waals surface area contributed by atoms with Gasteiger partial charge in [0.1, 0.15) is 5.82 Å². The molecule has 1 aliphatic heterocycles. The molecule has 2 rings (SSSR count). The number of guanidine groups is 1. The van der Waals surface area contributed by atoms with E-state index < -0.39 is 12.7 Å². The van der Waals surface area contributed by atoms with Crippen molar-refractivity contribution < 1.29 is 17.6 Å². The molecule has 0 spiro atoms. The Morgan fingerprint density at radius 1 is 1.40 bits per heavy atom. The van der Waals surface area contributed by atoms with Crippen molar-refractivity contribution in [2.24, 2.45) is 4.99 Å². The first-order chi connectivity index (χ1) is 11.7. The van der Waals surface area contributed by atoms with Crippen molar-refractivity contribution in [1.82, 2.24) is 15.5 Å². The number of rotatable bonds is 4. The van der Waals surface area contributed by atoms with Gasteiger partial charge in [0.15, 0.2) is 5.96 Å². The number of likely N-dealkylation sites (tertiary alicyclic amines) is 1. The maximum atomic E-state index is 13.7. The van der Waals surface area contributed by atoms with E-state index in [1.54, 1.807) is 20.0 Å². The van der Waals surface area contributed by atoms with Crippen molar-refractivity contribution >= 4 is 5.96 Å². The van der Waals surface area contributed by atoms with Crippen molar-refractivity contribution in [3.63, 3.8) is 0 Å². The van der Waals surface area contributed by atoms with Gasteiger partial charge in [-0.05, 0) is 37.5 Å². The van der Waals surface area contributed by atoms with Crippen molar-refractivity contribution in [3.8, 4) is 0 Å². The predicted octanol–water partition coefficient (Wildman–Crippen LogP) is 3.00. The van der Waals surface area contributed by atoms with Gasteiger partial charge in [-0.1, -0.05) is 12.1 Å². The van der Waals surface area contributed by atoms with Gasteiger partial charge in [0.2, 0.25) is 0 Å². The summed E-state index contributed by atoms with van der Waals surface area (Å²) in [6, 6.07) is 4.74. The van der Waals surface area contributed by atoms with Crippen LogP contribution in [0.3, 0.4) is 0 Å². The summed E-state index contributed by atoms with van der Waals surface area (Å²) in [5.41, 5.74) is 1.35. The molecule has 1 fully saturated rings. The van der Waals surface area contributed by atoms with Gasteiger partial charge in [-0.15, -0.1) is 0 Å². The fourth-order valence-corrected chi connectivity index (χ4v) is 2.88.